The summed E-state index contributed by atoms with van der Waals surface area (Å²) >= 11 is 0. The van der Waals surface area contributed by atoms with Crippen LogP contribution in [-0.2, 0) is 32.6 Å². The molecule has 41 heavy (non-hydrogen) atoms. The Balaban J connectivity index is 2.05. The second kappa shape index (κ2) is 14.5. The first-order valence-corrected chi connectivity index (χ1v) is 15.3. The summed E-state index contributed by atoms with van der Waals surface area (Å²) in [5.41, 5.74) is 3.00. The van der Waals surface area contributed by atoms with Crippen molar-refractivity contribution < 1.29 is 27.5 Å². The molecule has 10 heteroatoms. The molecule has 0 aliphatic heterocycles. The zero-order valence-corrected chi connectivity index (χ0v) is 25.1. The molecule has 1 atom stereocenters. The first-order valence-electron chi connectivity index (χ1n) is 13.4. The van der Waals surface area contributed by atoms with Crippen LogP contribution in [-0.4, -0.2) is 64.7 Å². The number of aryl methyl sites for hydroxylation is 1. The van der Waals surface area contributed by atoms with E-state index in [2.05, 4.69) is 5.32 Å². The van der Waals surface area contributed by atoms with Gasteiger partial charge in [0.15, 0.2) is 11.5 Å². The van der Waals surface area contributed by atoms with E-state index in [-0.39, 0.29) is 24.6 Å². The maximum atomic E-state index is 14.1. The molecule has 3 aromatic carbocycles. The van der Waals surface area contributed by atoms with Gasteiger partial charge in [-0.05, 0) is 36.6 Å². The minimum absolute atomic E-state index is 0.125. The molecule has 0 bridgehead atoms. The van der Waals surface area contributed by atoms with E-state index in [9.17, 15) is 18.0 Å². The van der Waals surface area contributed by atoms with Gasteiger partial charge in [-0.2, -0.15) is 0 Å². The molecule has 0 aliphatic rings. The monoisotopic (exact) mass is 581 g/mol. The Kier molecular flexibility index (Phi) is 11.2. The highest BCUT2D eigenvalue weighted by molar-refractivity contribution is 7.92. The molecule has 0 aliphatic carbocycles. The fourth-order valence-electron chi connectivity index (χ4n) is 4.40. The van der Waals surface area contributed by atoms with Crippen molar-refractivity contribution in [3.63, 3.8) is 0 Å². The van der Waals surface area contributed by atoms with Gasteiger partial charge in [0.2, 0.25) is 21.8 Å². The van der Waals surface area contributed by atoms with Crippen molar-refractivity contribution in [1.29, 1.82) is 0 Å². The zero-order chi connectivity index (χ0) is 30.0. The number of rotatable bonds is 14. The molecule has 1 N–H and O–H groups in total. The molecular weight excluding hydrogens is 542 g/mol. The largest absolute Gasteiger partial charge is 0.493 e. The third kappa shape index (κ3) is 8.72. The second-order valence-corrected chi connectivity index (χ2v) is 11.7. The van der Waals surface area contributed by atoms with Crippen LogP contribution in [0.4, 0.5) is 5.69 Å². The van der Waals surface area contributed by atoms with Crippen molar-refractivity contribution >= 4 is 27.5 Å². The lowest BCUT2D eigenvalue weighted by molar-refractivity contribution is -0.140. The van der Waals surface area contributed by atoms with Crippen molar-refractivity contribution in [3.8, 4) is 11.5 Å². The number of carbonyl (C=O) groups is 2. The molecule has 0 saturated carbocycles. The molecule has 0 saturated heterocycles. The van der Waals surface area contributed by atoms with Crippen molar-refractivity contribution in [3.05, 3.63) is 89.5 Å². The van der Waals surface area contributed by atoms with E-state index in [1.54, 1.807) is 12.1 Å². The predicted octanol–water partition coefficient (Wildman–Crippen LogP) is 3.94. The summed E-state index contributed by atoms with van der Waals surface area (Å²) in [6.07, 6.45) is 2.04. The van der Waals surface area contributed by atoms with E-state index < -0.39 is 28.5 Å². The quantitative estimate of drug-likeness (QED) is 0.309. The molecule has 0 heterocycles. The average molecular weight is 582 g/mol. The Morgan fingerprint density at radius 3 is 2.15 bits per heavy atom. The van der Waals surface area contributed by atoms with Gasteiger partial charge in [0.1, 0.15) is 12.6 Å². The Labute approximate surface area is 243 Å². The van der Waals surface area contributed by atoms with Crippen LogP contribution >= 0.6 is 0 Å². The smallest absolute Gasteiger partial charge is 0.244 e. The van der Waals surface area contributed by atoms with Gasteiger partial charge in [-0.15, -0.1) is 0 Å². The lowest BCUT2D eigenvalue weighted by Crippen LogP contribution is -2.53. The van der Waals surface area contributed by atoms with Crippen LogP contribution < -0.4 is 19.1 Å². The summed E-state index contributed by atoms with van der Waals surface area (Å²) in [7, 11) is -0.970. The second-order valence-electron chi connectivity index (χ2n) is 9.81. The molecule has 0 unspecified atom stereocenters. The number of amides is 2. The maximum absolute atomic E-state index is 14.1. The van der Waals surface area contributed by atoms with E-state index in [4.69, 9.17) is 9.47 Å². The summed E-state index contributed by atoms with van der Waals surface area (Å²) in [6, 6.07) is 20.9. The summed E-state index contributed by atoms with van der Waals surface area (Å²) in [4.78, 5) is 29.1. The minimum Gasteiger partial charge on any atom is -0.493 e. The Morgan fingerprint density at radius 1 is 0.902 bits per heavy atom. The van der Waals surface area contributed by atoms with Crippen molar-refractivity contribution in [2.45, 2.75) is 39.3 Å². The number of carbonyl (C=O) groups excluding carboxylic acids is 2. The molecule has 2 amide bonds. The van der Waals surface area contributed by atoms with Gasteiger partial charge in [0, 0.05) is 25.6 Å². The van der Waals surface area contributed by atoms with E-state index in [1.165, 1.54) is 25.2 Å². The van der Waals surface area contributed by atoms with Crippen LogP contribution in [0.2, 0.25) is 0 Å². The number of nitrogens with one attached hydrogen (secondary N) is 1. The summed E-state index contributed by atoms with van der Waals surface area (Å²) < 4.78 is 37.6. The number of hydrogen-bond acceptors (Lipinski definition) is 6. The lowest BCUT2D eigenvalue weighted by atomic mass is 10.0. The average Bonchev–Trinajstić information content (AvgIpc) is 2.96. The Bertz CT molecular complexity index is 1410. The number of benzene rings is 3. The standard InChI is InChI=1S/C31H39N3O6S/c1-6-18-32-31(36)27(19-24-10-8-7-9-11-24)33(21-25-14-12-23(2)13-15-25)30(35)22-34(41(5,37)38)26-16-17-28(39-3)29(20-26)40-4/h7-17,20,27H,6,18-19,21-22H2,1-5H3,(H,32,36)/t27-/m0/s1. The third-order valence-corrected chi connectivity index (χ3v) is 7.77. The van der Waals surface area contributed by atoms with Gasteiger partial charge in [-0.25, -0.2) is 8.42 Å². The van der Waals surface area contributed by atoms with Gasteiger partial charge in [-0.1, -0.05) is 67.1 Å². The SMILES string of the molecule is CCCNC(=O)[C@H](Cc1ccccc1)N(Cc1ccc(C)cc1)C(=O)CN(c1ccc(OC)c(OC)c1)S(C)(=O)=O. The predicted molar refractivity (Wildman–Crippen MR) is 161 cm³/mol. The van der Waals surface area contributed by atoms with Crippen LogP contribution in [0.5, 0.6) is 11.5 Å². The first kappa shape index (κ1) is 31.5. The van der Waals surface area contributed by atoms with Crippen LogP contribution in [0.1, 0.15) is 30.0 Å². The Morgan fingerprint density at radius 2 is 1.56 bits per heavy atom. The number of sulfonamides is 1. The molecule has 0 radical (unpaired) electrons. The molecule has 0 fully saturated rings. The lowest BCUT2D eigenvalue weighted by Gasteiger charge is -2.33. The summed E-state index contributed by atoms with van der Waals surface area (Å²) in [6.45, 7) is 4.00. The van der Waals surface area contributed by atoms with E-state index in [0.29, 0.717) is 18.0 Å². The molecule has 220 valence electrons. The minimum atomic E-state index is -3.90. The number of methoxy groups -OCH3 is 2. The first-order chi connectivity index (χ1) is 19.6. The van der Waals surface area contributed by atoms with Gasteiger partial charge >= 0.3 is 0 Å². The Hall–Kier alpha value is -4.05. The van der Waals surface area contributed by atoms with Crippen molar-refractivity contribution in [2.24, 2.45) is 0 Å². The normalized spacial score (nSPS) is 11.8. The fraction of sp³-hybridized carbons (Fsp3) is 0.355. The van der Waals surface area contributed by atoms with Crippen LogP contribution in [0.3, 0.4) is 0 Å². The number of anilines is 1. The van der Waals surface area contributed by atoms with Gasteiger partial charge in [0.05, 0.1) is 26.2 Å². The van der Waals surface area contributed by atoms with E-state index in [0.717, 1.165) is 33.7 Å². The summed E-state index contributed by atoms with van der Waals surface area (Å²) in [5, 5.41) is 2.93. The van der Waals surface area contributed by atoms with Crippen LogP contribution in [0.15, 0.2) is 72.8 Å². The molecule has 0 aromatic heterocycles. The third-order valence-electron chi connectivity index (χ3n) is 6.63. The fourth-order valence-corrected chi connectivity index (χ4v) is 5.25. The van der Waals surface area contributed by atoms with E-state index in [1.807, 2.05) is 68.4 Å². The molecular formula is C31H39N3O6S. The van der Waals surface area contributed by atoms with Crippen LogP contribution in [0, 0.1) is 6.92 Å². The van der Waals surface area contributed by atoms with Gasteiger partial charge in [0.25, 0.3) is 0 Å². The highest BCUT2D eigenvalue weighted by Crippen LogP contribution is 2.32. The highest BCUT2D eigenvalue weighted by atomic mass is 32.2. The summed E-state index contributed by atoms with van der Waals surface area (Å²) in [5.74, 6) is -0.0670. The van der Waals surface area contributed by atoms with Gasteiger partial charge < -0.3 is 19.7 Å². The van der Waals surface area contributed by atoms with Crippen molar-refractivity contribution in [2.75, 3.05) is 37.9 Å². The van der Waals surface area contributed by atoms with Crippen LogP contribution in [0.25, 0.3) is 0 Å². The molecule has 3 rings (SSSR count). The van der Waals surface area contributed by atoms with Gasteiger partial charge in [-0.3, -0.25) is 13.9 Å². The topological polar surface area (TPSA) is 105 Å². The molecule has 3 aromatic rings. The molecule has 0 spiro atoms. The molecule has 9 nitrogen and oxygen atoms in total. The number of hydrogen-bond donors (Lipinski definition) is 1. The number of nitrogens with zero attached hydrogens (tertiary/aromatic N) is 2. The number of ether oxygens (including phenoxy) is 2. The van der Waals surface area contributed by atoms with Crippen molar-refractivity contribution in [1.82, 2.24) is 10.2 Å². The maximum Gasteiger partial charge on any atom is 0.244 e. The zero-order valence-electron chi connectivity index (χ0n) is 24.3. The highest BCUT2D eigenvalue weighted by Gasteiger charge is 2.33. The van der Waals surface area contributed by atoms with E-state index >= 15 is 0 Å².